The van der Waals surface area contributed by atoms with E-state index >= 15 is 0 Å². The monoisotopic (exact) mass is 789 g/mol. The summed E-state index contributed by atoms with van der Waals surface area (Å²) in [5.41, 5.74) is 1.35. The highest BCUT2D eigenvalue weighted by atomic mass is 35.5. The van der Waals surface area contributed by atoms with Crippen LogP contribution in [0.15, 0.2) is 55.8 Å². The Kier molecular flexibility index (Phi) is 17.8. The molecule has 0 saturated carbocycles. The van der Waals surface area contributed by atoms with Gasteiger partial charge in [0, 0.05) is 51.8 Å². The highest BCUT2D eigenvalue weighted by Crippen LogP contribution is 2.19. The Bertz CT molecular complexity index is 1850. The SMILES string of the molecule is CCOC(=O)c1cn[nH]c1.CCOC(=O)c1cnn(-c2ncc(CC)s2)c1.CCOC(=O)c1cnn(-c2ncc(CC)s2)c1.CCc1cnc(Cl)s1. The van der Waals surface area contributed by atoms with Gasteiger partial charge in [-0.1, -0.05) is 55.0 Å². The maximum absolute atomic E-state index is 11.5. The summed E-state index contributed by atoms with van der Waals surface area (Å²) in [6.45, 7) is 12.7. The molecule has 0 spiro atoms. The Morgan fingerprint density at radius 3 is 1.37 bits per heavy atom. The first-order chi connectivity index (χ1) is 25.1. The van der Waals surface area contributed by atoms with Gasteiger partial charge >= 0.3 is 17.9 Å². The van der Waals surface area contributed by atoms with Crippen LogP contribution in [0.2, 0.25) is 4.47 Å². The average Bonchev–Trinajstić information content (AvgIpc) is 4.01. The van der Waals surface area contributed by atoms with Crippen molar-refractivity contribution in [3.8, 4) is 10.3 Å². The van der Waals surface area contributed by atoms with E-state index in [2.05, 4.69) is 60.9 Å². The van der Waals surface area contributed by atoms with Crippen LogP contribution < -0.4 is 0 Å². The third-order valence-electron chi connectivity index (χ3n) is 6.24. The summed E-state index contributed by atoms with van der Waals surface area (Å²) in [6.07, 6.45) is 17.6. The Hall–Kier alpha value is -4.78. The Morgan fingerprint density at radius 1 is 0.615 bits per heavy atom. The van der Waals surface area contributed by atoms with Crippen molar-refractivity contribution in [2.45, 2.75) is 60.8 Å². The van der Waals surface area contributed by atoms with Crippen LogP contribution in [0, 0.1) is 0 Å². The van der Waals surface area contributed by atoms with Gasteiger partial charge in [0.15, 0.2) is 4.47 Å². The van der Waals surface area contributed by atoms with Crippen LogP contribution in [-0.2, 0) is 33.5 Å². The van der Waals surface area contributed by atoms with Gasteiger partial charge < -0.3 is 14.2 Å². The Balaban J connectivity index is 0.000000196. The summed E-state index contributed by atoms with van der Waals surface area (Å²) in [5, 5.41) is 15.8. The molecule has 278 valence electrons. The second-order valence-electron chi connectivity index (χ2n) is 9.85. The van der Waals surface area contributed by atoms with E-state index in [-0.39, 0.29) is 17.9 Å². The molecule has 6 heterocycles. The van der Waals surface area contributed by atoms with E-state index in [1.807, 2.05) is 18.6 Å². The molecule has 0 saturated heterocycles. The fourth-order valence-corrected chi connectivity index (χ4v) is 6.14. The summed E-state index contributed by atoms with van der Waals surface area (Å²) in [7, 11) is 0. The first kappa shape index (κ1) is 41.6. The molecule has 6 rings (SSSR count). The number of nitrogens with one attached hydrogen (secondary N) is 1. The first-order valence-corrected chi connectivity index (χ1v) is 19.1. The summed E-state index contributed by atoms with van der Waals surface area (Å²) in [5.74, 6) is -1.05. The summed E-state index contributed by atoms with van der Waals surface area (Å²) in [6, 6.07) is 0. The molecule has 0 aliphatic rings. The molecule has 0 aliphatic heterocycles. The van der Waals surface area contributed by atoms with Gasteiger partial charge in [0.05, 0.1) is 55.1 Å². The van der Waals surface area contributed by atoms with Crippen LogP contribution in [0.4, 0.5) is 0 Å². The van der Waals surface area contributed by atoms with Gasteiger partial charge in [-0.3, -0.25) is 5.10 Å². The smallest absolute Gasteiger partial charge is 0.341 e. The predicted molar refractivity (Wildman–Crippen MR) is 200 cm³/mol. The number of halogens is 1. The van der Waals surface area contributed by atoms with Gasteiger partial charge in [0.1, 0.15) is 0 Å². The second kappa shape index (κ2) is 22.2. The van der Waals surface area contributed by atoms with E-state index in [4.69, 9.17) is 21.1 Å². The molecule has 1 N–H and O–H groups in total. The lowest BCUT2D eigenvalue weighted by atomic mass is 10.4. The fourth-order valence-electron chi connectivity index (χ4n) is 3.65. The van der Waals surface area contributed by atoms with Gasteiger partial charge in [0.25, 0.3) is 0 Å². The van der Waals surface area contributed by atoms with Crippen molar-refractivity contribution in [3.63, 3.8) is 0 Å². The molecule has 0 unspecified atom stereocenters. The third kappa shape index (κ3) is 13.1. The minimum Gasteiger partial charge on any atom is -0.462 e. The van der Waals surface area contributed by atoms with Crippen LogP contribution in [0.25, 0.3) is 10.3 Å². The molecule has 15 nitrogen and oxygen atoms in total. The van der Waals surface area contributed by atoms with Crippen molar-refractivity contribution in [2.75, 3.05) is 19.8 Å². The van der Waals surface area contributed by atoms with Gasteiger partial charge in [-0.2, -0.15) is 15.3 Å². The average molecular weight is 790 g/mol. The number of carbonyl (C=O) groups is 3. The van der Waals surface area contributed by atoms with Crippen molar-refractivity contribution in [1.29, 1.82) is 0 Å². The van der Waals surface area contributed by atoms with E-state index < -0.39 is 0 Å². The van der Waals surface area contributed by atoms with E-state index in [0.29, 0.717) is 41.0 Å². The quantitative estimate of drug-likeness (QED) is 0.104. The fraction of sp³-hybridized carbons (Fsp3) is 0.364. The van der Waals surface area contributed by atoms with Crippen LogP contribution >= 0.6 is 45.6 Å². The Morgan fingerprint density at radius 2 is 1.04 bits per heavy atom. The van der Waals surface area contributed by atoms with Crippen molar-refractivity contribution in [2.24, 2.45) is 0 Å². The van der Waals surface area contributed by atoms with Crippen molar-refractivity contribution in [3.05, 3.63) is 91.6 Å². The lowest BCUT2D eigenvalue weighted by molar-refractivity contribution is 0.0516. The van der Waals surface area contributed by atoms with E-state index in [0.717, 1.165) is 29.5 Å². The summed E-state index contributed by atoms with van der Waals surface area (Å²) >= 11 is 10.2. The standard InChI is InChI=1S/2C11H13N3O2S.C6H8N2O2.C5H6ClNS/c2*1-3-9-6-12-11(17-9)14-7-8(5-13-14)10(15)16-4-2;1-2-10-6(9)5-3-7-8-4-5;1-2-4-3-7-5(6)8-4/h2*5-7H,3-4H2,1-2H3;3-4H,2H2,1H3,(H,7,8);3H,2H2,1H3. The number of hydrogen-bond acceptors (Lipinski definition) is 15. The summed E-state index contributed by atoms with van der Waals surface area (Å²) < 4.78 is 18.3. The highest BCUT2D eigenvalue weighted by Gasteiger charge is 2.13. The van der Waals surface area contributed by atoms with Gasteiger partial charge in [-0.25, -0.2) is 38.7 Å². The van der Waals surface area contributed by atoms with Crippen LogP contribution in [-0.4, -0.2) is 82.4 Å². The molecule has 6 aromatic heterocycles. The molecule has 0 radical (unpaired) electrons. The van der Waals surface area contributed by atoms with E-state index in [1.165, 1.54) is 39.4 Å². The largest absolute Gasteiger partial charge is 0.462 e. The molecule has 0 fully saturated rings. The molecule has 0 bridgehead atoms. The highest BCUT2D eigenvalue weighted by molar-refractivity contribution is 7.15. The van der Waals surface area contributed by atoms with Crippen molar-refractivity contribution in [1.82, 2.24) is 44.7 Å². The van der Waals surface area contributed by atoms with Crippen LogP contribution in [0.5, 0.6) is 0 Å². The zero-order valence-electron chi connectivity index (χ0n) is 29.6. The molecule has 19 heteroatoms. The number of nitrogens with zero attached hydrogens (tertiary/aromatic N) is 8. The molecular weight excluding hydrogens is 750 g/mol. The number of aromatic nitrogens is 9. The second-order valence-corrected chi connectivity index (χ2v) is 13.7. The molecule has 0 amide bonds. The maximum Gasteiger partial charge on any atom is 0.341 e. The van der Waals surface area contributed by atoms with Crippen molar-refractivity contribution >= 4 is 63.5 Å². The first-order valence-electron chi connectivity index (χ1n) is 16.3. The molecule has 6 aromatic rings. The maximum atomic E-state index is 11.5. The molecule has 0 aromatic carbocycles. The topological polar surface area (TPSA) is 182 Å². The van der Waals surface area contributed by atoms with E-state index in [9.17, 15) is 14.4 Å². The number of rotatable bonds is 11. The number of aryl methyl sites for hydroxylation is 3. The third-order valence-corrected chi connectivity index (χ3v) is 9.76. The number of esters is 3. The number of carbonyl (C=O) groups excluding carboxylic acids is 3. The van der Waals surface area contributed by atoms with Crippen LogP contribution in [0.3, 0.4) is 0 Å². The summed E-state index contributed by atoms with van der Waals surface area (Å²) in [4.78, 5) is 49.7. The Labute approximate surface area is 318 Å². The molecule has 52 heavy (non-hydrogen) atoms. The normalized spacial score (nSPS) is 10.1. The number of thiazole rings is 3. The minimum absolute atomic E-state index is 0.337. The van der Waals surface area contributed by atoms with Crippen LogP contribution in [0.1, 0.15) is 87.2 Å². The minimum atomic E-state index is -0.356. The lowest BCUT2D eigenvalue weighted by Crippen LogP contribution is -2.03. The number of hydrogen-bond donors (Lipinski definition) is 1. The number of aromatic amines is 1. The predicted octanol–water partition coefficient (Wildman–Crippen LogP) is 7.08. The van der Waals surface area contributed by atoms with Gasteiger partial charge in [-0.05, 0) is 40.0 Å². The lowest BCUT2D eigenvalue weighted by Gasteiger charge is -1.96. The van der Waals surface area contributed by atoms with E-state index in [1.54, 1.807) is 76.5 Å². The molecule has 0 aliphatic carbocycles. The van der Waals surface area contributed by atoms with Gasteiger partial charge in [-0.15, -0.1) is 11.3 Å². The zero-order valence-corrected chi connectivity index (χ0v) is 32.8. The number of H-pyrrole nitrogens is 1. The zero-order chi connectivity index (χ0) is 37.9. The molecule has 0 atom stereocenters. The molecular formula is C33H40ClN9O6S3. The van der Waals surface area contributed by atoms with Crippen molar-refractivity contribution < 1.29 is 28.6 Å². The van der Waals surface area contributed by atoms with Gasteiger partial charge in [0.2, 0.25) is 10.3 Å². The number of ether oxygens (including phenoxy) is 3.